The van der Waals surface area contributed by atoms with Crippen molar-refractivity contribution in [3.8, 4) is 11.4 Å². The summed E-state index contributed by atoms with van der Waals surface area (Å²) in [6.45, 7) is 1.25. The fraction of sp³-hybridized carbons (Fsp3) is 0.526. The Bertz CT molecular complexity index is 723. The molecule has 7 nitrogen and oxygen atoms in total. The number of pyridine rings is 1. The molecule has 0 atom stereocenters. The van der Waals surface area contributed by atoms with Crippen LogP contribution in [0.4, 0.5) is 0 Å². The summed E-state index contributed by atoms with van der Waals surface area (Å²) in [6, 6.07) is 5.66. The van der Waals surface area contributed by atoms with Crippen molar-refractivity contribution in [2.24, 2.45) is 7.05 Å². The number of nitrogens with zero attached hydrogens (tertiary/aromatic N) is 3. The normalized spacial score (nSPS) is 20.1. The number of imidazole rings is 1. The molecule has 1 N–H and O–H groups in total. The molecule has 2 aromatic rings. The number of aromatic nitrogens is 3. The molecule has 0 unspecified atom stereocenters. The number of aryl methyl sites for hydroxylation is 1. The minimum atomic E-state index is -0.127. The number of hydrogen-bond acceptors (Lipinski definition) is 5. The number of ether oxygens (including phenoxy) is 2. The third-order valence-electron chi connectivity index (χ3n) is 4.71. The molecule has 0 aromatic carbocycles. The molecule has 2 aromatic heterocycles. The van der Waals surface area contributed by atoms with E-state index < -0.39 is 0 Å². The SMILES string of the molecule is COCCO[C@H]1CC[C@H](NC(=O)c2cccc(-c3cncn3C)n2)CC1. The van der Waals surface area contributed by atoms with Crippen molar-refractivity contribution < 1.29 is 14.3 Å². The highest BCUT2D eigenvalue weighted by Crippen LogP contribution is 2.22. The molecule has 1 amide bonds. The van der Waals surface area contributed by atoms with Crippen LogP contribution in [-0.2, 0) is 16.5 Å². The van der Waals surface area contributed by atoms with Gasteiger partial charge in [-0.25, -0.2) is 9.97 Å². The molecule has 140 valence electrons. The van der Waals surface area contributed by atoms with Crippen LogP contribution in [0.25, 0.3) is 11.4 Å². The molecule has 0 bridgehead atoms. The van der Waals surface area contributed by atoms with Gasteiger partial charge in [-0.05, 0) is 37.8 Å². The standard InChI is InChI=1S/C19H26N4O3/c1-23-13-20-12-18(23)16-4-3-5-17(22-16)19(24)21-14-6-8-15(9-7-14)26-11-10-25-2/h3-5,12-15H,6-11H2,1-2H3,(H,21,24)/t14-,15-. The lowest BCUT2D eigenvalue weighted by Crippen LogP contribution is -2.39. The maximum atomic E-state index is 12.6. The first-order valence-corrected chi connectivity index (χ1v) is 9.02. The van der Waals surface area contributed by atoms with Gasteiger partial charge in [0.2, 0.25) is 0 Å². The first kappa shape index (κ1) is 18.5. The largest absolute Gasteiger partial charge is 0.382 e. The fourth-order valence-corrected chi connectivity index (χ4v) is 3.24. The Morgan fingerprint density at radius 3 is 2.77 bits per heavy atom. The zero-order chi connectivity index (χ0) is 18.4. The summed E-state index contributed by atoms with van der Waals surface area (Å²) < 4.78 is 12.7. The molecule has 2 heterocycles. The topological polar surface area (TPSA) is 78.3 Å². The minimum absolute atomic E-state index is 0.127. The summed E-state index contributed by atoms with van der Waals surface area (Å²) in [4.78, 5) is 21.2. The number of amides is 1. The van der Waals surface area contributed by atoms with Gasteiger partial charge in [-0.15, -0.1) is 0 Å². The lowest BCUT2D eigenvalue weighted by atomic mass is 9.93. The fourth-order valence-electron chi connectivity index (χ4n) is 3.24. The first-order chi connectivity index (χ1) is 12.7. The van der Waals surface area contributed by atoms with Crippen LogP contribution in [0.15, 0.2) is 30.7 Å². The summed E-state index contributed by atoms with van der Waals surface area (Å²) in [5.41, 5.74) is 2.06. The Labute approximate surface area is 153 Å². The first-order valence-electron chi connectivity index (χ1n) is 9.02. The number of carbonyl (C=O) groups excluding carboxylic acids is 1. The Hall–Kier alpha value is -2.25. The van der Waals surface area contributed by atoms with Crippen LogP contribution in [-0.4, -0.2) is 52.9 Å². The van der Waals surface area contributed by atoms with Crippen molar-refractivity contribution >= 4 is 5.91 Å². The lowest BCUT2D eigenvalue weighted by molar-refractivity contribution is -0.00409. The number of rotatable bonds is 7. The van der Waals surface area contributed by atoms with Crippen molar-refractivity contribution in [2.45, 2.75) is 37.8 Å². The van der Waals surface area contributed by atoms with Crippen molar-refractivity contribution in [2.75, 3.05) is 20.3 Å². The second-order valence-corrected chi connectivity index (χ2v) is 6.61. The molecule has 0 spiro atoms. The van der Waals surface area contributed by atoms with E-state index in [2.05, 4.69) is 15.3 Å². The summed E-state index contributed by atoms with van der Waals surface area (Å²) in [6.07, 6.45) is 7.49. The summed E-state index contributed by atoms with van der Waals surface area (Å²) in [5.74, 6) is -0.127. The summed E-state index contributed by atoms with van der Waals surface area (Å²) in [7, 11) is 3.58. The number of methoxy groups -OCH3 is 1. The highest BCUT2D eigenvalue weighted by Gasteiger charge is 2.23. The third kappa shape index (κ3) is 4.68. The molecule has 3 rings (SSSR count). The molecule has 0 saturated heterocycles. The smallest absolute Gasteiger partial charge is 0.270 e. The average Bonchev–Trinajstić information content (AvgIpc) is 3.09. The van der Waals surface area contributed by atoms with Crippen LogP contribution in [0.3, 0.4) is 0 Å². The molecular formula is C19H26N4O3. The number of nitrogens with one attached hydrogen (secondary N) is 1. The molecule has 26 heavy (non-hydrogen) atoms. The van der Waals surface area contributed by atoms with Crippen molar-refractivity contribution in [1.29, 1.82) is 0 Å². The minimum Gasteiger partial charge on any atom is -0.382 e. The highest BCUT2D eigenvalue weighted by atomic mass is 16.5. The van der Waals surface area contributed by atoms with Gasteiger partial charge in [0.25, 0.3) is 5.91 Å². The number of carbonyl (C=O) groups is 1. The van der Waals surface area contributed by atoms with E-state index in [0.29, 0.717) is 18.9 Å². The Morgan fingerprint density at radius 2 is 2.08 bits per heavy atom. The second kappa shape index (κ2) is 8.91. The van der Waals surface area contributed by atoms with Gasteiger partial charge in [-0.1, -0.05) is 6.07 Å². The van der Waals surface area contributed by atoms with E-state index in [0.717, 1.165) is 37.1 Å². The highest BCUT2D eigenvalue weighted by molar-refractivity contribution is 5.93. The van der Waals surface area contributed by atoms with Gasteiger partial charge in [0.15, 0.2) is 0 Å². The monoisotopic (exact) mass is 358 g/mol. The predicted molar refractivity (Wildman–Crippen MR) is 97.8 cm³/mol. The van der Waals surface area contributed by atoms with E-state index >= 15 is 0 Å². The van der Waals surface area contributed by atoms with Gasteiger partial charge in [0.05, 0.1) is 43.2 Å². The van der Waals surface area contributed by atoms with E-state index in [1.54, 1.807) is 25.7 Å². The Balaban J connectivity index is 1.54. The molecule has 7 heteroatoms. The van der Waals surface area contributed by atoms with E-state index in [1.807, 2.05) is 23.7 Å². The van der Waals surface area contributed by atoms with Crippen molar-refractivity contribution in [1.82, 2.24) is 19.9 Å². The Kier molecular flexibility index (Phi) is 6.35. The van der Waals surface area contributed by atoms with E-state index in [9.17, 15) is 4.79 Å². The third-order valence-corrected chi connectivity index (χ3v) is 4.71. The molecule has 1 fully saturated rings. The maximum absolute atomic E-state index is 12.6. The van der Waals surface area contributed by atoms with Crippen molar-refractivity contribution in [3.63, 3.8) is 0 Å². The van der Waals surface area contributed by atoms with E-state index in [1.165, 1.54) is 0 Å². The zero-order valence-electron chi connectivity index (χ0n) is 15.4. The molecule has 1 aliphatic carbocycles. The van der Waals surface area contributed by atoms with Crippen LogP contribution in [0.5, 0.6) is 0 Å². The van der Waals surface area contributed by atoms with E-state index in [-0.39, 0.29) is 18.1 Å². The van der Waals surface area contributed by atoms with Crippen LogP contribution in [0, 0.1) is 0 Å². The summed E-state index contributed by atoms with van der Waals surface area (Å²) >= 11 is 0. The average molecular weight is 358 g/mol. The van der Waals surface area contributed by atoms with Crippen LogP contribution >= 0.6 is 0 Å². The second-order valence-electron chi connectivity index (χ2n) is 6.61. The Morgan fingerprint density at radius 1 is 1.27 bits per heavy atom. The zero-order valence-corrected chi connectivity index (χ0v) is 15.4. The van der Waals surface area contributed by atoms with Crippen LogP contribution in [0.1, 0.15) is 36.2 Å². The predicted octanol–water partition coefficient (Wildman–Crippen LogP) is 2.19. The van der Waals surface area contributed by atoms with Gasteiger partial charge in [0.1, 0.15) is 5.69 Å². The van der Waals surface area contributed by atoms with Crippen molar-refractivity contribution in [3.05, 3.63) is 36.4 Å². The molecule has 1 aliphatic rings. The maximum Gasteiger partial charge on any atom is 0.270 e. The number of hydrogen-bond donors (Lipinski definition) is 1. The molecule has 0 aliphatic heterocycles. The van der Waals surface area contributed by atoms with Crippen LogP contribution in [0.2, 0.25) is 0 Å². The van der Waals surface area contributed by atoms with Gasteiger partial charge >= 0.3 is 0 Å². The van der Waals surface area contributed by atoms with Gasteiger partial charge in [0, 0.05) is 20.2 Å². The van der Waals surface area contributed by atoms with Gasteiger partial charge in [-0.2, -0.15) is 0 Å². The molecule has 0 radical (unpaired) electrons. The van der Waals surface area contributed by atoms with Gasteiger partial charge in [-0.3, -0.25) is 4.79 Å². The molecular weight excluding hydrogens is 332 g/mol. The quantitative estimate of drug-likeness (QED) is 0.768. The van der Waals surface area contributed by atoms with E-state index in [4.69, 9.17) is 9.47 Å². The van der Waals surface area contributed by atoms with Gasteiger partial charge < -0.3 is 19.4 Å². The molecule has 1 saturated carbocycles. The lowest BCUT2D eigenvalue weighted by Gasteiger charge is -2.29. The summed E-state index contributed by atoms with van der Waals surface area (Å²) in [5, 5.41) is 3.11. The van der Waals surface area contributed by atoms with Crippen LogP contribution < -0.4 is 5.32 Å².